The lowest BCUT2D eigenvalue weighted by atomic mass is 10.1. The first-order valence-corrected chi connectivity index (χ1v) is 8.83. The largest absolute Gasteiger partial charge is 0.368 e. The zero-order chi connectivity index (χ0) is 18.5. The van der Waals surface area contributed by atoms with E-state index in [2.05, 4.69) is 10.1 Å². The first-order chi connectivity index (χ1) is 11.1. The van der Waals surface area contributed by atoms with Gasteiger partial charge in [-0.2, -0.15) is 0 Å². The number of anilines is 1. The summed E-state index contributed by atoms with van der Waals surface area (Å²) >= 11 is 0. The topological polar surface area (TPSA) is 105 Å². The molecule has 0 fully saturated rings. The van der Waals surface area contributed by atoms with Crippen LogP contribution >= 0.6 is 0 Å². The van der Waals surface area contributed by atoms with Crippen LogP contribution in [0.4, 0.5) is 5.69 Å². The highest BCUT2D eigenvalue weighted by Gasteiger charge is 2.38. The van der Waals surface area contributed by atoms with Crippen molar-refractivity contribution in [2.75, 3.05) is 19.2 Å². The van der Waals surface area contributed by atoms with Crippen molar-refractivity contribution < 1.29 is 27.9 Å². The second kappa shape index (κ2) is 8.54. The summed E-state index contributed by atoms with van der Waals surface area (Å²) in [6, 6.07) is 4.72. The Morgan fingerprint density at radius 3 is 2.29 bits per heavy atom. The fourth-order valence-corrected chi connectivity index (χ4v) is 3.36. The van der Waals surface area contributed by atoms with E-state index in [0.717, 1.165) is 11.1 Å². The molecule has 0 aliphatic carbocycles. The van der Waals surface area contributed by atoms with Crippen molar-refractivity contribution in [2.24, 2.45) is 0 Å². The number of benzene rings is 1. The third-order valence-corrected chi connectivity index (χ3v) is 5.01. The molecule has 0 aliphatic rings. The van der Waals surface area contributed by atoms with E-state index in [-0.39, 0.29) is 6.79 Å². The van der Waals surface area contributed by atoms with Crippen LogP contribution in [0.3, 0.4) is 0 Å². The molecule has 0 saturated heterocycles. The van der Waals surface area contributed by atoms with Gasteiger partial charge in [-0.1, -0.05) is 22.7 Å². The summed E-state index contributed by atoms with van der Waals surface area (Å²) in [5.41, 5.74) is -0.338. The highest BCUT2D eigenvalue weighted by Crippen LogP contribution is 2.21. The fourth-order valence-electron chi connectivity index (χ4n) is 2.05. The van der Waals surface area contributed by atoms with Crippen molar-refractivity contribution in [2.45, 2.75) is 39.2 Å². The lowest BCUT2D eigenvalue weighted by Crippen LogP contribution is -2.47. The van der Waals surface area contributed by atoms with Crippen LogP contribution in [0.2, 0.25) is 0 Å². The third-order valence-electron chi connectivity index (χ3n) is 3.21. The molecule has 1 aromatic carbocycles. The lowest BCUT2D eigenvalue weighted by Gasteiger charge is -2.26. The summed E-state index contributed by atoms with van der Waals surface area (Å²) in [4.78, 5) is 17.2. The maximum atomic E-state index is 12.4. The number of methoxy groups -OCH3 is 1. The van der Waals surface area contributed by atoms with E-state index in [4.69, 9.17) is 4.84 Å². The smallest absolute Gasteiger partial charge is 0.272 e. The van der Waals surface area contributed by atoms with Crippen molar-refractivity contribution in [3.63, 3.8) is 0 Å². The van der Waals surface area contributed by atoms with Gasteiger partial charge in [0.2, 0.25) is 0 Å². The molecule has 9 heteroatoms. The summed E-state index contributed by atoms with van der Waals surface area (Å²) in [5, 5.41) is 12.5. The summed E-state index contributed by atoms with van der Waals surface area (Å²) in [5.74, 6) is -1.06. The fraction of sp³-hybridized carbons (Fsp3) is 0.533. The van der Waals surface area contributed by atoms with E-state index < -0.39 is 27.4 Å². The van der Waals surface area contributed by atoms with E-state index >= 15 is 0 Å². The van der Waals surface area contributed by atoms with Gasteiger partial charge in [-0.05, 0) is 38.8 Å². The van der Waals surface area contributed by atoms with Crippen molar-refractivity contribution >= 4 is 21.6 Å². The molecule has 2 N–H and O–H groups in total. The highest BCUT2D eigenvalue weighted by atomic mass is 32.2. The van der Waals surface area contributed by atoms with Crippen LogP contribution in [0.15, 0.2) is 18.2 Å². The van der Waals surface area contributed by atoms with E-state index in [1.807, 2.05) is 6.07 Å². The number of hydrogen-bond acceptors (Lipinski definition) is 6. The molecule has 8 nitrogen and oxygen atoms in total. The van der Waals surface area contributed by atoms with Crippen molar-refractivity contribution in [3.05, 3.63) is 29.3 Å². The Morgan fingerprint density at radius 1 is 1.29 bits per heavy atom. The molecule has 0 aromatic heterocycles. The van der Waals surface area contributed by atoms with Gasteiger partial charge in [0.05, 0.1) is 0 Å². The van der Waals surface area contributed by atoms with E-state index in [0.29, 0.717) is 10.2 Å². The minimum absolute atomic E-state index is 0.331. The van der Waals surface area contributed by atoms with Crippen LogP contribution in [0.1, 0.15) is 25.0 Å². The number of nitrogens with zero attached hydrogens (tertiary/aromatic N) is 1. The number of aliphatic hydroxyl groups is 1. The molecule has 1 aromatic rings. The molecule has 0 heterocycles. The second-order valence-corrected chi connectivity index (χ2v) is 7.37. The van der Waals surface area contributed by atoms with Crippen LogP contribution in [-0.2, 0) is 24.4 Å². The minimum atomic E-state index is -4.44. The Kier molecular flexibility index (Phi) is 7.30. The standard InChI is InChI=1S/C15H24N2O6S/c1-10(2)17(23-9-22-5)24(20,21)15(19)14(18)16-13-11(3)7-6-8-12(13)4/h6-8,10,15,19H,9H2,1-5H3,(H,16,18). The van der Waals surface area contributed by atoms with Gasteiger partial charge in [-0.3, -0.25) is 9.63 Å². The Balaban J connectivity index is 3.01. The first-order valence-electron chi connectivity index (χ1n) is 7.33. The molecule has 0 radical (unpaired) electrons. The van der Waals surface area contributed by atoms with Gasteiger partial charge in [-0.15, -0.1) is 0 Å². The number of amides is 1. The monoisotopic (exact) mass is 360 g/mol. The Hall–Kier alpha value is -1.52. The molecule has 24 heavy (non-hydrogen) atoms. The molecule has 0 bridgehead atoms. The minimum Gasteiger partial charge on any atom is -0.368 e. The number of aryl methyl sites for hydroxylation is 2. The van der Waals surface area contributed by atoms with Crippen molar-refractivity contribution in [1.29, 1.82) is 0 Å². The van der Waals surface area contributed by atoms with Crippen LogP contribution in [0.25, 0.3) is 0 Å². The van der Waals surface area contributed by atoms with Gasteiger partial charge in [0.1, 0.15) is 0 Å². The van der Waals surface area contributed by atoms with Crippen LogP contribution in [0, 0.1) is 13.8 Å². The number of nitrogens with one attached hydrogen (secondary N) is 1. The first kappa shape index (κ1) is 20.5. The number of hydrogen-bond donors (Lipinski definition) is 2. The zero-order valence-electron chi connectivity index (χ0n) is 14.4. The molecule has 1 amide bonds. The zero-order valence-corrected chi connectivity index (χ0v) is 15.3. The van der Waals surface area contributed by atoms with Gasteiger partial charge in [-0.25, -0.2) is 8.42 Å². The molecule has 1 rings (SSSR count). The van der Waals surface area contributed by atoms with E-state index in [1.54, 1.807) is 39.8 Å². The van der Waals surface area contributed by atoms with Gasteiger partial charge in [0, 0.05) is 18.8 Å². The van der Waals surface area contributed by atoms with Crippen molar-refractivity contribution in [1.82, 2.24) is 4.47 Å². The van der Waals surface area contributed by atoms with Gasteiger partial charge < -0.3 is 15.2 Å². The number of ether oxygens (including phenoxy) is 1. The number of para-hydroxylation sites is 1. The average Bonchev–Trinajstić information content (AvgIpc) is 2.49. The number of sulfonamides is 1. The maximum Gasteiger partial charge on any atom is 0.272 e. The summed E-state index contributed by atoms with van der Waals surface area (Å²) < 4.78 is 30.1. The number of hydroxylamine groups is 1. The molecule has 0 spiro atoms. The summed E-state index contributed by atoms with van der Waals surface area (Å²) in [7, 11) is -3.11. The highest BCUT2D eigenvalue weighted by molar-refractivity contribution is 7.90. The van der Waals surface area contributed by atoms with Crippen LogP contribution < -0.4 is 5.32 Å². The normalized spacial score (nSPS) is 13.3. The number of carbonyl (C=O) groups excluding carboxylic acids is 1. The molecular formula is C15H24N2O6S. The predicted molar refractivity (Wildman–Crippen MR) is 89.4 cm³/mol. The van der Waals surface area contributed by atoms with Gasteiger partial charge in [0.15, 0.2) is 6.79 Å². The number of aliphatic hydroxyl groups excluding tert-OH is 1. The lowest BCUT2D eigenvalue weighted by molar-refractivity contribution is -0.178. The molecule has 0 aliphatic heterocycles. The van der Waals surface area contributed by atoms with E-state index in [1.165, 1.54) is 7.11 Å². The molecule has 0 saturated carbocycles. The number of carbonyl (C=O) groups is 1. The van der Waals surface area contributed by atoms with E-state index in [9.17, 15) is 18.3 Å². The quantitative estimate of drug-likeness (QED) is 0.532. The van der Waals surface area contributed by atoms with Gasteiger partial charge >= 0.3 is 0 Å². The maximum absolute atomic E-state index is 12.4. The Bertz CT molecular complexity index is 654. The second-order valence-electron chi connectivity index (χ2n) is 5.54. The Labute approximate surface area is 142 Å². The Morgan fingerprint density at radius 2 is 1.83 bits per heavy atom. The number of rotatable bonds is 8. The van der Waals surface area contributed by atoms with Gasteiger partial charge in [0.25, 0.3) is 21.4 Å². The van der Waals surface area contributed by atoms with Crippen molar-refractivity contribution in [3.8, 4) is 0 Å². The summed E-state index contributed by atoms with van der Waals surface area (Å²) in [6.07, 6.45) is 0. The predicted octanol–water partition coefficient (Wildman–Crippen LogP) is 1.14. The molecule has 136 valence electrons. The SMILES string of the molecule is COCON(C(C)C)S(=O)(=O)C(O)C(=O)Nc1c(C)cccc1C. The third kappa shape index (κ3) is 4.74. The molecule has 1 atom stereocenters. The molecule has 1 unspecified atom stereocenters. The molecular weight excluding hydrogens is 336 g/mol. The summed E-state index contributed by atoms with van der Waals surface area (Å²) in [6.45, 7) is 6.30. The average molecular weight is 360 g/mol. The van der Waals surface area contributed by atoms with Crippen LogP contribution in [-0.4, -0.2) is 49.3 Å². The van der Waals surface area contributed by atoms with Crippen LogP contribution in [0.5, 0.6) is 0 Å².